The summed E-state index contributed by atoms with van der Waals surface area (Å²) in [5.41, 5.74) is 4.21. The quantitative estimate of drug-likeness (QED) is 0.303. The van der Waals surface area contributed by atoms with Crippen molar-refractivity contribution in [1.29, 1.82) is 0 Å². The lowest BCUT2D eigenvalue weighted by Gasteiger charge is -2.36. The maximum atomic E-state index is 11.8. The Morgan fingerprint density at radius 1 is 1.00 bits per heavy atom. The monoisotopic (exact) mass is 466 g/mol. The zero-order chi connectivity index (χ0) is 22.6. The number of hydrogen-bond donors (Lipinski definition) is 3. The zero-order valence-electron chi connectivity index (χ0n) is 17.6. The Kier molecular flexibility index (Phi) is 4.80. The molecule has 6 nitrogen and oxygen atoms in total. The predicted molar refractivity (Wildman–Crippen MR) is 129 cm³/mol. The molecule has 162 valence electrons. The summed E-state index contributed by atoms with van der Waals surface area (Å²) < 4.78 is 6.40. The smallest absolute Gasteiger partial charge is 0.221 e. The number of hydrogen-bond acceptors (Lipinski definition) is 4. The van der Waals surface area contributed by atoms with Crippen LogP contribution < -0.4 is 15.4 Å². The van der Waals surface area contributed by atoms with Gasteiger partial charge in [-0.25, -0.2) is 4.98 Å². The third kappa shape index (κ3) is 3.45. The second-order valence-corrected chi connectivity index (χ2v) is 9.17. The molecule has 0 radical (unpaired) electrons. The molecule has 0 unspecified atom stereocenters. The number of anilines is 3. The second kappa shape index (κ2) is 7.43. The lowest BCUT2D eigenvalue weighted by Crippen LogP contribution is -2.26. The van der Waals surface area contributed by atoms with Gasteiger partial charge < -0.3 is 20.4 Å². The number of benzene rings is 3. The molecule has 3 N–H and O–H groups in total. The average molecular weight is 467 g/mol. The highest BCUT2D eigenvalue weighted by atomic mass is 35.5. The minimum Gasteiger partial charge on any atom is -0.452 e. The lowest BCUT2D eigenvalue weighted by atomic mass is 9.75. The molecule has 3 aromatic carbocycles. The summed E-state index contributed by atoms with van der Waals surface area (Å²) in [6.45, 7) is 5.59. The first-order valence-corrected chi connectivity index (χ1v) is 10.8. The van der Waals surface area contributed by atoms with Gasteiger partial charge in [-0.3, -0.25) is 4.79 Å². The Morgan fingerprint density at radius 2 is 1.62 bits per heavy atom. The molecule has 0 bridgehead atoms. The number of carbonyl (C=O) groups excluding carboxylic acids is 1. The SMILES string of the molecule is CC(=O)Nc1cc(Cl)cc2c1Oc1c(Nc3nc4ccccc4[nH]3)cc(Cl)cc1C2(C)C. The number of ether oxygens (including phenoxy) is 1. The van der Waals surface area contributed by atoms with Crippen LogP contribution in [0.15, 0.2) is 48.5 Å². The second-order valence-electron chi connectivity index (χ2n) is 8.30. The summed E-state index contributed by atoms with van der Waals surface area (Å²) in [6.07, 6.45) is 0. The van der Waals surface area contributed by atoms with Gasteiger partial charge in [0.25, 0.3) is 0 Å². The fourth-order valence-corrected chi connectivity index (χ4v) is 4.53. The van der Waals surface area contributed by atoms with E-state index in [9.17, 15) is 4.79 Å². The van der Waals surface area contributed by atoms with Crippen LogP contribution in [0.4, 0.5) is 17.3 Å². The summed E-state index contributed by atoms with van der Waals surface area (Å²) in [4.78, 5) is 19.7. The normalized spacial score (nSPS) is 13.8. The number of aromatic nitrogens is 2. The molecular formula is C24H20Cl2N4O2. The summed E-state index contributed by atoms with van der Waals surface area (Å²) in [5.74, 6) is 1.53. The number of imidazole rings is 1. The van der Waals surface area contributed by atoms with E-state index in [4.69, 9.17) is 27.9 Å². The number of para-hydroxylation sites is 2. The van der Waals surface area contributed by atoms with Gasteiger partial charge >= 0.3 is 0 Å². The van der Waals surface area contributed by atoms with Crippen LogP contribution in [0.2, 0.25) is 10.0 Å². The van der Waals surface area contributed by atoms with Crippen molar-refractivity contribution in [3.8, 4) is 11.5 Å². The van der Waals surface area contributed by atoms with Gasteiger partial charge in [0.05, 0.1) is 22.4 Å². The van der Waals surface area contributed by atoms with Crippen molar-refractivity contribution in [2.75, 3.05) is 10.6 Å². The van der Waals surface area contributed by atoms with Gasteiger partial charge in [0, 0.05) is 33.5 Å². The Labute approximate surface area is 194 Å². The van der Waals surface area contributed by atoms with Crippen LogP contribution in [0.1, 0.15) is 31.9 Å². The third-order valence-corrected chi connectivity index (χ3v) is 6.05. The number of halogens is 2. The summed E-state index contributed by atoms with van der Waals surface area (Å²) in [5, 5.41) is 7.21. The molecule has 8 heteroatoms. The van der Waals surface area contributed by atoms with Crippen LogP contribution >= 0.6 is 23.2 Å². The molecule has 0 aliphatic carbocycles. The molecule has 0 atom stereocenters. The molecule has 2 heterocycles. The van der Waals surface area contributed by atoms with E-state index in [1.165, 1.54) is 6.92 Å². The first-order valence-electron chi connectivity index (χ1n) is 10.1. The van der Waals surface area contributed by atoms with Crippen LogP contribution in [0.25, 0.3) is 11.0 Å². The topological polar surface area (TPSA) is 79.0 Å². The standard InChI is InChI=1S/C24H20Cl2N4O2/c1-12(31)27-19-10-13(25)8-15-21(19)32-22-16(24(15,2)3)9-14(26)11-20(22)30-23-28-17-6-4-5-7-18(17)29-23/h4-11H,1-3H3,(H,27,31)(H2,28,29,30). The van der Waals surface area contributed by atoms with Gasteiger partial charge in [0.15, 0.2) is 11.5 Å². The van der Waals surface area contributed by atoms with Crippen molar-refractivity contribution >= 4 is 57.5 Å². The van der Waals surface area contributed by atoms with Crippen molar-refractivity contribution in [2.24, 2.45) is 0 Å². The maximum absolute atomic E-state index is 11.8. The van der Waals surface area contributed by atoms with Gasteiger partial charge in [-0.05, 0) is 36.4 Å². The average Bonchev–Trinajstić information content (AvgIpc) is 3.12. The highest BCUT2D eigenvalue weighted by Crippen LogP contribution is 2.54. The van der Waals surface area contributed by atoms with E-state index in [-0.39, 0.29) is 5.91 Å². The number of amides is 1. The number of carbonyl (C=O) groups is 1. The molecule has 0 spiro atoms. The van der Waals surface area contributed by atoms with Crippen molar-refractivity contribution in [3.05, 3.63) is 69.7 Å². The Bertz CT molecular complexity index is 1360. The first-order chi connectivity index (χ1) is 15.2. The minimum absolute atomic E-state index is 0.210. The number of aromatic amines is 1. The Morgan fingerprint density at radius 3 is 2.28 bits per heavy atom. The van der Waals surface area contributed by atoms with Crippen molar-refractivity contribution in [1.82, 2.24) is 9.97 Å². The third-order valence-electron chi connectivity index (χ3n) is 5.61. The fourth-order valence-electron chi connectivity index (χ4n) is 4.10. The molecule has 0 saturated carbocycles. The van der Waals surface area contributed by atoms with Crippen molar-refractivity contribution < 1.29 is 9.53 Å². The van der Waals surface area contributed by atoms with E-state index in [1.807, 2.05) is 36.4 Å². The van der Waals surface area contributed by atoms with E-state index in [0.29, 0.717) is 38.9 Å². The molecule has 5 rings (SSSR count). The number of fused-ring (bicyclic) bond motifs is 3. The lowest BCUT2D eigenvalue weighted by molar-refractivity contribution is -0.114. The van der Waals surface area contributed by atoms with Crippen LogP contribution in [0.5, 0.6) is 11.5 Å². The molecule has 1 aliphatic rings. The van der Waals surface area contributed by atoms with Gasteiger partial charge in [0.2, 0.25) is 11.9 Å². The molecular weight excluding hydrogens is 447 g/mol. The highest BCUT2D eigenvalue weighted by molar-refractivity contribution is 6.31. The van der Waals surface area contributed by atoms with Gasteiger partial charge in [0.1, 0.15) is 0 Å². The van der Waals surface area contributed by atoms with E-state index in [1.54, 1.807) is 12.1 Å². The number of H-pyrrole nitrogens is 1. The molecule has 0 saturated heterocycles. The highest BCUT2D eigenvalue weighted by Gasteiger charge is 2.38. The fraction of sp³-hybridized carbons (Fsp3) is 0.167. The van der Waals surface area contributed by atoms with Crippen LogP contribution in [-0.2, 0) is 10.2 Å². The molecule has 4 aromatic rings. The molecule has 1 amide bonds. The van der Waals surface area contributed by atoms with Gasteiger partial charge in [-0.15, -0.1) is 0 Å². The minimum atomic E-state index is -0.490. The zero-order valence-corrected chi connectivity index (χ0v) is 19.2. The van der Waals surface area contributed by atoms with Gasteiger partial charge in [-0.2, -0.15) is 0 Å². The summed E-state index contributed by atoms with van der Waals surface area (Å²) >= 11 is 12.9. The van der Waals surface area contributed by atoms with E-state index in [2.05, 4.69) is 34.4 Å². The molecule has 1 aromatic heterocycles. The first kappa shape index (κ1) is 20.7. The Balaban J connectivity index is 1.66. The summed E-state index contributed by atoms with van der Waals surface area (Å²) in [7, 11) is 0. The maximum Gasteiger partial charge on any atom is 0.221 e. The van der Waals surface area contributed by atoms with Crippen molar-refractivity contribution in [2.45, 2.75) is 26.2 Å². The predicted octanol–water partition coefficient (Wildman–Crippen LogP) is 7.00. The van der Waals surface area contributed by atoms with Crippen molar-refractivity contribution in [3.63, 3.8) is 0 Å². The van der Waals surface area contributed by atoms with Crippen LogP contribution in [0.3, 0.4) is 0 Å². The van der Waals surface area contributed by atoms with Gasteiger partial charge in [-0.1, -0.05) is 49.2 Å². The molecule has 32 heavy (non-hydrogen) atoms. The Hall–Kier alpha value is -3.22. The molecule has 0 fully saturated rings. The van der Waals surface area contributed by atoms with E-state index < -0.39 is 5.41 Å². The van der Waals surface area contributed by atoms with E-state index in [0.717, 1.165) is 22.2 Å². The largest absolute Gasteiger partial charge is 0.452 e. The number of nitrogens with zero attached hydrogens (tertiary/aromatic N) is 1. The van der Waals surface area contributed by atoms with E-state index >= 15 is 0 Å². The molecule has 1 aliphatic heterocycles. The summed E-state index contributed by atoms with van der Waals surface area (Å²) in [6, 6.07) is 15.0. The number of rotatable bonds is 3. The van der Waals surface area contributed by atoms with Crippen LogP contribution in [-0.4, -0.2) is 15.9 Å². The number of nitrogens with one attached hydrogen (secondary N) is 3. The van der Waals surface area contributed by atoms with Crippen LogP contribution in [0, 0.1) is 0 Å².